The smallest absolute Gasteiger partial charge is 0.179 e. The van der Waals surface area contributed by atoms with Crippen molar-refractivity contribution in [2.45, 2.75) is 0 Å². The topological polar surface area (TPSA) is 67.6 Å². The van der Waals surface area contributed by atoms with E-state index in [9.17, 15) is 0 Å². The number of thiazole rings is 1. The quantitative estimate of drug-likeness (QED) is 0.619. The van der Waals surface area contributed by atoms with Crippen LogP contribution in [-0.2, 0) is 0 Å². The first-order chi connectivity index (χ1) is 5.39. The number of nitrogen functional groups attached to an aromatic ring is 1. The van der Waals surface area contributed by atoms with Gasteiger partial charge >= 0.3 is 0 Å². The Kier molecular flexibility index (Phi) is 3.14. The molecule has 0 amide bonds. The van der Waals surface area contributed by atoms with E-state index in [4.69, 9.17) is 5.73 Å². The highest BCUT2D eigenvalue weighted by molar-refractivity contribution is 7.13. The van der Waals surface area contributed by atoms with Crippen molar-refractivity contribution in [3.8, 4) is 0 Å². The third-order valence-corrected chi connectivity index (χ3v) is 1.46. The summed E-state index contributed by atoms with van der Waals surface area (Å²) in [4.78, 5) is 3.71. The van der Waals surface area contributed by atoms with Gasteiger partial charge in [0.1, 0.15) is 0 Å². The number of hydrogen-bond donors (Lipinski definition) is 2. The van der Waals surface area contributed by atoms with Gasteiger partial charge in [-0.25, -0.2) is 4.98 Å². The summed E-state index contributed by atoms with van der Waals surface area (Å²) in [5.41, 5.74) is 5.19. The van der Waals surface area contributed by atoms with Crippen LogP contribution < -0.4 is 5.73 Å². The van der Waals surface area contributed by atoms with Gasteiger partial charge in [-0.2, -0.15) is 5.10 Å². The third kappa shape index (κ3) is 3.36. The summed E-state index contributed by atoms with van der Waals surface area (Å²) in [5, 5.41) is 8.69. The monoisotopic (exact) mass is 168 g/mol. The maximum Gasteiger partial charge on any atom is 0.179 e. The van der Waals surface area contributed by atoms with Crippen molar-refractivity contribution in [1.82, 2.24) is 15.2 Å². The zero-order valence-electron chi connectivity index (χ0n) is 5.77. The number of rotatable bonds is 0. The maximum absolute atomic E-state index is 5.19. The van der Waals surface area contributed by atoms with Crippen molar-refractivity contribution >= 4 is 16.5 Å². The molecule has 0 unspecified atom stereocenters. The van der Waals surface area contributed by atoms with E-state index in [0.717, 1.165) is 0 Å². The molecular weight excluding hydrogens is 160 g/mol. The molecule has 0 aromatic carbocycles. The van der Waals surface area contributed by atoms with Crippen LogP contribution in [0.5, 0.6) is 0 Å². The Morgan fingerprint density at radius 1 is 1.45 bits per heavy atom. The standard InChI is InChI=1S/C3H4N2S.C3H4N2/c4-3-5-1-2-6-3;1-2-4-5-3-1/h1-2H,(H2,4,5);1-3H,(H,4,5). The summed E-state index contributed by atoms with van der Waals surface area (Å²) in [6, 6.07) is 1.83. The predicted molar refractivity (Wildman–Crippen MR) is 45.1 cm³/mol. The highest BCUT2D eigenvalue weighted by Crippen LogP contribution is 2.02. The Morgan fingerprint density at radius 2 is 2.36 bits per heavy atom. The second-order valence-electron chi connectivity index (χ2n) is 1.64. The van der Waals surface area contributed by atoms with E-state index in [2.05, 4.69) is 15.2 Å². The summed E-state index contributed by atoms with van der Waals surface area (Å²) in [6.45, 7) is 0. The maximum atomic E-state index is 5.19. The van der Waals surface area contributed by atoms with Gasteiger partial charge < -0.3 is 5.73 Å². The molecule has 0 saturated carbocycles. The van der Waals surface area contributed by atoms with Gasteiger partial charge in [-0.1, -0.05) is 0 Å². The molecule has 0 aliphatic heterocycles. The molecule has 5 heteroatoms. The molecule has 2 rings (SSSR count). The normalized spacial score (nSPS) is 8.36. The number of hydrogen-bond acceptors (Lipinski definition) is 4. The number of nitrogens with zero attached hydrogens (tertiary/aromatic N) is 2. The predicted octanol–water partition coefficient (Wildman–Crippen LogP) is 1.14. The Labute approximate surface area is 68.1 Å². The molecule has 0 atom stereocenters. The van der Waals surface area contributed by atoms with E-state index in [1.165, 1.54) is 11.3 Å². The molecule has 2 aromatic heterocycles. The van der Waals surface area contributed by atoms with Crippen molar-refractivity contribution < 1.29 is 0 Å². The first-order valence-electron chi connectivity index (χ1n) is 2.98. The summed E-state index contributed by atoms with van der Waals surface area (Å²) in [6.07, 6.45) is 5.14. The van der Waals surface area contributed by atoms with Crippen LogP contribution in [0.3, 0.4) is 0 Å². The molecule has 58 valence electrons. The van der Waals surface area contributed by atoms with Crippen LogP contribution in [0.4, 0.5) is 5.13 Å². The number of aromatic nitrogens is 3. The molecular formula is C6H8N4S. The summed E-state index contributed by atoms with van der Waals surface area (Å²) < 4.78 is 0. The molecule has 2 heterocycles. The average molecular weight is 168 g/mol. The second kappa shape index (κ2) is 4.45. The molecule has 0 aliphatic rings. The van der Waals surface area contributed by atoms with Gasteiger partial charge in [-0.3, -0.25) is 5.10 Å². The highest BCUT2D eigenvalue weighted by Gasteiger charge is 1.76. The number of nitrogens with one attached hydrogen (secondary N) is 1. The lowest BCUT2D eigenvalue weighted by Gasteiger charge is -1.67. The van der Waals surface area contributed by atoms with E-state index in [1.54, 1.807) is 18.6 Å². The molecule has 11 heavy (non-hydrogen) atoms. The fourth-order valence-corrected chi connectivity index (χ4v) is 0.832. The molecule has 0 fully saturated rings. The average Bonchev–Trinajstić information content (AvgIpc) is 2.57. The summed E-state index contributed by atoms with van der Waals surface area (Å²) in [5.74, 6) is 0. The minimum atomic E-state index is 0.634. The summed E-state index contributed by atoms with van der Waals surface area (Å²) in [7, 11) is 0. The Morgan fingerprint density at radius 3 is 2.55 bits per heavy atom. The van der Waals surface area contributed by atoms with Gasteiger partial charge in [-0.15, -0.1) is 11.3 Å². The Bertz CT molecular complexity index is 233. The SMILES string of the molecule is Nc1nccs1.c1cn[nH]c1. The lowest BCUT2D eigenvalue weighted by atomic mass is 10.8. The van der Waals surface area contributed by atoms with Crippen molar-refractivity contribution in [2.75, 3.05) is 5.73 Å². The van der Waals surface area contributed by atoms with E-state index in [0.29, 0.717) is 5.13 Å². The molecule has 0 bridgehead atoms. The van der Waals surface area contributed by atoms with E-state index < -0.39 is 0 Å². The van der Waals surface area contributed by atoms with Crippen LogP contribution in [0.2, 0.25) is 0 Å². The van der Waals surface area contributed by atoms with Gasteiger partial charge in [0, 0.05) is 24.0 Å². The molecule has 0 aliphatic carbocycles. The molecule has 0 saturated heterocycles. The fourth-order valence-electron chi connectivity index (χ4n) is 0.450. The Hall–Kier alpha value is -1.36. The lowest BCUT2D eigenvalue weighted by molar-refractivity contribution is 1.09. The van der Waals surface area contributed by atoms with Gasteiger partial charge in [0.05, 0.1) is 0 Å². The highest BCUT2D eigenvalue weighted by atomic mass is 32.1. The van der Waals surface area contributed by atoms with Crippen LogP contribution in [0.1, 0.15) is 0 Å². The molecule has 4 nitrogen and oxygen atoms in total. The number of nitrogens with two attached hydrogens (primary N) is 1. The van der Waals surface area contributed by atoms with Gasteiger partial charge in [0.2, 0.25) is 0 Å². The zero-order chi connectivity index (χ0) is 7.94. The van der Waals surface area contributed by atoms with Gasteiger partial charge in [0.15, 0.2) is 5.13 Å². The van der Waals surface area contributed by atoms with Crippen molar-refractivity contribution in [3.05, 3.63) is 30.0 Å². The van der Waals surface area contributed by atoms with Crippen LogP contribution in [0, 0.1) is 0 Å². The fraction of sp³-hybridized carbons (Fsp3) is 0. The molecule has 0 radical (unpaired) electrons. The molecule has 0 spiro atoms. The second-order valence-corrected chi connectivity index (χ2v) is 2.56. The molecule has 2 aromatic rings. The first-order valence-corrected chi connectivity index (χ1v) is 3.86. The molecule has 3 N–H and O–H groups in total. The van der Waals surface area contributed by atoms with Crippen LogP contribution in [0.25, 0.3) is 0 Å². The van der Waals surface area contributed by atoms with Crippen LogP contribution in [0.15, 0.2) is 30.0 Å². The van der Waals surface area contributed by atoms with Crippen molar-refractivity contribution in [1.29, 1.82) is 0 Å². The van der Waals surface area contributed by atoms with Gasteiger partial charge in [0.25, 0.3) is 0 Å². The van der Waals surface area contributed by atoms with Gasteiger partial charge in [-0.05, 0) is 6.07 Å². The van der Waals surface area contributed by atoms with E-state index >= 15 is 0 Å². The van der Waals surface area contributed by atoms with E-state index in [1.807, 2.05) is 11.4 Å². The lowest BCUT2D eigenvalue weighted by Crippen LogP contribution is -1.77. The minimum absolute atomic E-state index is 0.634. The first kappa shape index (κ1) is 7.74. The van der Waals surface area contributed by atoms with Crippen LogP contribution in [-0.4, -0.2) is 15.2 Å². The Balaban J connectivity index is 0.000000112. The number of aromatic amines is 1. The van der Waals surface area contributed by atoms with Crippen LogP contribution >= 0.6 is 11.3 Å². The number of H-pyrrole nitrogens is 1. The number of anilines is 1. The van der Waals surface area contributed by atoms with Crippen molar-refractivity contribution in [2.24, 2.45) is 0 Å². The minimum Gasteiger partial charge on any atom is -0.375 e. The zero-order valence-corrected chi connectivity index (χ0v) is 6.58. The third-order valence-electron chi connectivity index (χ3n) is 0.857. The van der Waals surface area contributed by atoms with Crippen molar-refractivity contribution in [3.63, 3.8) is 0 Å². The largest absolute Gasteiger partial charge is 0.375 e. The summed E-state index contributed by atoms with van der Waals surface area (Å²) >= 11 is 1.44. The van der Waals surface area contributed by atoms with E-state index in [-0.39, 0.29) is 0 Å².